The lowest BCUT2D eigenvalue weighted by molar-refractivity contribution is 0.112. The van der Waals surface area contributed by atoms with E-state index in [1.165, 1.54) is 7.11 Å². The van der Waals surface area contributed by atoms with Crippen LogP contribution in [0, 0.1) is 0 Å². The van der Waals surface area contributed by atoms with Gasteiger partial charge in [0.1, 0.15) is 5.02 Å². The zero-order valence-electron chi connectivity index (χ0n) is 17.5. The third-order valence-corrected chi connectivity index (χ3v) is 4.48. The monoisotopic (exact) mass is 424 g/mol. The molecule has 0 amide bonds. The van der Waals surface area contributed by atoms with Gasteiger partial charge in [-0.05, 0) is 35.9 Å². The van der Waals surface area contributed by atoms with Crippen LogP contribution >= 0.6 is 11.6 Å². The number of aliphatic imine (C=N–C) groups is 1. The molecule has 3 aromatic rings. The van der Waals surface area contributed by atoms with E-state index >= 15 is 0 Å². The van der Waals surface area contributed by atoms with Crippen molar-refractivity contribution in [3.8, 4) is 17.0 Å². The van der Waals surface area contributed by atoms with Crippen molar-refractivity contribution >= 4 is 35.2 Å². The summed E-state index contributed by atoms with van der Waals surface area (Å²) in [6, 6.07) is 16.6. The number of carbonyl (C=O) groups is 1. The lowest BCUT2D eigenvalue weighted by Gasteiger charge is -2.18. The Kier molecular flexibility index (Phi) is 8.38. The molecule has 0 saturated heterocycles. The standard InChI is InChI=1S/C21H19ClN4O2.C2H6/c1-26(17-6-4-3-5-7-17)21(23)25-19-9-8-14(10-16(19)13-27)15-11-18(22)20(28-2)24-12-15;1-2/h3-13H,1-2H3,(H2,23,25);1-2H3. The van der Waals surface area contributed by atoms with Crippen molar-refractivity contribution in [3.63, 3.8) is 0 Å². The molecule has 156 valence electrons. The molecular formula is C23H25ClN4O2. The molecule has 0 aliphatic heterocycles. The number of anilines is 1. The van der Waals surface area contributed by atoms with Crippen LogP contribution in [-0.2, 0) is 0 Å². The molecular weight excluding hydrogens is 400 g/mol. The minimum atomic E-state index is 0.274. The van der Waals surface area contributed by atoms with Crippen LogP contribution in [0.15, 0.2) is 65.8 Å². The zero-order chi connectivity index (χ0) is 22.1. The topological polar surface area (TPSA) is 80.8 Å². The van der Waals surface area contributed by atoms with E-state index in [4.69, 9.17) is 22.1 Å². The fourth-order valence-corrected chi connectivity index (χ4v) is 2.89. The molecule has 30 heavy (non-hydrogen) atoms. The number of benzene rings is 2. The second kappa shape index (κ2) is 11.0. The Morgan fingerprint density at radius 1 is 1.13 bits per heavy atom. The zero-order valence-corrected chi connectivity index (χ0v) is 18.2. The number of hydrogen-bond donors (Lipinski definition) is 1. The van der Waals surface area contributed by atoms with Gasteiger partial charge < -0.3 is 15.4 Å². The number of rotatable bonds is 5. The van der Waals surface area contributed by atoms with Crippen molar-refractivity contribution < 1.29 is 9.53 Å². The highest BCUT2D eigenvalue weighted by molar-refractivity contribution is 6.32. The summed E-state index contributed by atoms with van der Waals surface area (Å²) in [5.74, 6) is 0.621. The van der Waals surface area contributed by atoms with Crippen molar-refractivity contribution in [1.29, 1.82) is 0 Å². The summed E-state index contributed by atoms with van der Waals surface area (Å²) in [6.07, 6.45) is 2.38. The molecule has 0 aliphatic rings. The van der Waals surface area contributed by atoms with Gasteiger partial charge in [0.25, 0.3) is 0 Å². The summed E-state index contributed by atoms with van der Waals surface area (Å²) in [4.78, 5) is 21.9. The molecule has 0 fully saturated rings. The maximum atomic E-state index is 11.6. The van der Waals surface area contributed by atoms with Gasteiger partial charge in [-0.15, -0.1) is 0 Å². The Bertz CT molecular complexity index is 1020. The second-order valence-electron chi connectivity index (χ2n) is 5.97. The quantitative estimate of drug-likeness (QED) is 0.340. The molecule has 7 heteroatoms. The summed E-state index contributed by atoms with van der Waals surface area (Å²) < 4.78 is 5.07. The molecule has 6 nitrogen and oxygen atoms in total. The number of guanidine groups is 1. The number of carbonyl (C=O) groups excluding carboxylic acids is 1. The molecule has 2 aromatic carbocycles. The van der Waals surface area contributed by atoms with Crippen molar-refractivity contribution in [1.82, 2.24) is 4.98 Å². The molecule has 0 bridgehead atoms. The average Bonchev–Trinajstić information content (AvgIpc) is 2.80. The van der Waals surface area contributed by atoms with E-state index in [0.717, 1.165) is 23.1 Å². The van der Waals surface area contributed by atoms with Crippen molar-refractivity contribution in [2.75, 3.05) is 19.1 Å². The van der Waals surface area contributed by atoms with Crippen LogP contribution in [0.1, 0.15) is 24.2 Å². The Morgan fingerprint density at radius 3 is 2.43 bits per heavy atom. The van der Waals surface area contributed by atoms with E-state index in [9.17, 15) is 4.79 Å². The molecule has 1 aromatic heterocycles. The molecule has 0 radical (unpaired) electrons. The van der Waals surface area contributed by atoms with Crippen molar-refractivity contribution in [2.24, 2.45) is 10.7 Å². The first-order valence-corrected chi connectivity index (χ1v) is 9.83. The van der Waals surface area contributed by atoms with Crippen LogP contribution in [-0.4, -0.2) is 31.4 Å². The average molecular weight is 425 g/mol. The third-order valence-electron chi connectivity index (χ3n) is 4.21. The number of aldehydes is 1. The Balaban J connectivity index is 0.00000155. The molecule has 2 N–H and O–H groups in total. The van der Waals surface area contributed by atoms with Gasteiger partial charge in [-0.25, -0.2) is 9.98 Å². The summed E-state index contributed by atoms with van der Waals surface area (Å²) in [6.45, 7) is 4.00. The van der Waals surface area contributed by atoms with Crippen LogP contribution < -0.4 is 15.4 Å². The van der Waals surface area contributed by atoms with Gasteiger partial charge in [0, 0.05) is 30.1 Å². The highest BCUT2D eigenvalue weighted by atomic mass is 35.5. The van der Waals surface area contributed by atoms with Crippen molar-refractivity contribution in [2.45, 2.75) is 13.8 Å². The Morgan fingerprint density at radius 2 is 1.83 bits per heavy atom. The number of halogens is 1. The SMILES string of the molecule is CC.COc1ncc(-c2ccc(N=C(N)N(C)c3ccccc3)c(C=O)c2)cc1Cl. The van der Waals surface area contributed by atoms with Crippen LogP contribution in [0.4, 0.5) is 11.4 Å². The molecule has 3 rings (SSSR count). The number of pyridine rings is 1. The smallest absolute Gasteiger partial charge is 0.232 e. The van der Waals surface area contributed by atoms with Crippen LogP contribution in [0.5, 0.6) is 5.88 Å². The number of hydrogen-bond acceptors (Lipinski definition) is 4. The lowest BCUT2D eigenvalue weighted by atomic mass is 10.0. The number of nitrogens with zero attached hydrogens (tertiary/aromatic N) is 3. The molecule has 1 heterocycles. The summed E-state index contributed by atoms with van der Waals surface area (Å²) in [5.41, 5.74) is 9.46. The maximum Gasteiger partial charge on any atom is 0.232 e. The first-order valence-electron chi connectivity index (χ1n) is 9.45. The number of aromatic nitrogens is 1. The molecule has 0 unspecified atom stereocenters. The lowest BCUT2D eigenvalue weighted by Crippen LogP contribution is -2.33. The number of para-hydroxylation sites is 1. The van der Waals surface area contributed by atoms with Gasteiger partial charge in [-0.3, -0.25) is 4.79 Å². The minimum absolute atomic E-state index is 0.274. The van der Waals surface area contributed by atoms with Gasteiger partial charge in [0.05, 0.1) is 12.8 Å². The fourth-order valence-electron chi connectivity index (χ4n) is 2.65. The van der Waals surface area contributed by atoms with E-state index in [0.29, 0.717) is 22.2 Å². The van der Waals surface area contributed by atoms with Gasteiger partial charge in [-0.2, -0.15) is 0 Å². The number of ether oxygens (including phenoxy) is 1. The highest BCUT2D eigenvalue weighted by Crippen LogP contribution is 2.30. The van der Waals surface area contributed by atoms with E-state index < -0.39 is 0 Å². The summed E-state index contributed by atoms with van der Waals surface area (Å²) in [7, 11) is 3.32. The van der Waals surface area contributed by atoms with Gasteiger partial charge in [-0.1, -0.05) is 49.7 Å². The van der Waals surface area contributed by atoms with E-state index in [1.54, 1.807) is 29.3 Å². The largest absolute Gasteiger partial charge is 0.480 e. The number of nitrogens with two attached hydrogens (primary N) is 1. The van der Waals surface area contributed by atoms with Crippen molar-refractivity contribution in [3.05, 3.63) is 71.4 Å². The summed E-state index contributed by atoms with van der Waals surface area (Å²) in [5, 5.41) is 0.392. The predicted octanol–water partition coefficient (Wildman–Crippen LogP) is 5.33. The van der Waals surface area contributed by atoms with Crippen LogP contribution in [0.2, 0.25) is 5.02 Å². The predicted molar refractivity (Wildman–Crippen MR) is 124 cm³/mol. The fraction of sp³-hybridized carbons (Fsp3) is 0.174. The molecule has 0 spiro atoms. The molecule has 0 atom stereocenters. The summed E-state index contributed by atoms with van der Waals surface area (Å²) >= 11 is 6.15. The minimum Gasteiger partial charge on any atom is -0.480 e. The van der Waals surface area contributed by atoms with E-state index in [1.807, 2.05) is 57.3 Å². The van der Waals surface area contributed by atoms with Crippen LogP contribution in [0.3, 0.4) is 0 Å². The maximum absolute atomic E-state index is 11.6. The number of methoxy groups -OCH3 is 1. The first kappa shape index (κ1) is 22.9. The van der Waals surface area contributed by atoms with Gasteiger partial charge in [0.15, 0.2) is 6.29 Å². The Hall–Kier alpha value is -3.38. The van der Waals surface area contributed by atoms with Gasteiger partial charge in [0.2, 0.25) is 11.8 Å². The highest BCUT2D eigenvalue weighted by Gasteiger charge is 2.10. The van der Waals surface area contributed by atoms with E-state index in [-0.39, 0.29) is 5.96 Å². The normalized spacial score (nSPS) is 10.6. The molecule has 0 aliphatic carbocycles. The third kappa shape index (κ3) is 5.36. The second-order valence-corrected chi connectivity index (χ2v) is 6.38. The first-order chi connectivity index (χ1) is 14.5. The van der Waals surface area contributed by atoms with E-state index in [2.05, 4.69) is 9.98 Å². The van der Waals surface area contributed by atoms with Crippen LogP contribution in [0.25, 0.3) is 11.1 Å². The Labute approximate surface area is 182 Å². The van der Waals surface area contributed by atoms with Gasteiger partial charge >= 0.3 is 0 Å². The molecule has 0 saturated carbocycles.